The summed E-state index contributed by atoms with van der Waals surface area (Å²) >= 11 is 0. The molecule has 1 aliphatic heterocycles. The number of hydrogen-bond acceptors (Lipinski definition) is 3. The first-order valence-corrected chi connectivity index (χ1v) is 5.54. The van der Waals surface area contributed by atoms with Crippen LogP contribution in [-0.2, 0) is 4.74 Å². The Morgan fingerprint density at radius 1 is 1.67 bits per heavy atom. The van der Waals surface area contributed by atoms with E-state index in [2.05, 4.69) is 0 Å². The van der Waals surface area contributed by atoms with Crippen LogP contribution in [0.3, 0.4) is 0 Å². The van der Waals surface area contributed by atoms with Gasteiger partial charge in [-0.1, -0.05) is 0 Å². The van der Waals surface area contributed by atoms with Crippen molar-refractivity contribution in [3.8, 4) is 0 Å². The van der Waals surface area contributed by atoms with E-state index in [9.17, 15) is 4.79 Å². The highest BCUT2D eigenvalue weighted by Crippen LogP contribution is 2.07. The second kappa shape index (κ2) is 5.92. The van der Waals surface area contributed by atoms with E-state index >= 15 is 0 Å². The Morgan fingerprint density at radius 2 is 2.40 bits per heavy atom. The van der Waals surface area contributed by atoms with Gasteiger partial charge in [-0.25, -0.2) is 4.79 Å². The predicted octanol–water partition coefficient (Wildman–Crippen LogP) is 0.108. The second-order valence-corrected chi connectivity index (χ2v) is 3.78. The lowest BCUT2D eigenvalue weighted by molar-refractivity contribution is -0.00881. The van der Waals surface area contributed by atoms with Crippen molar-refractivity contribution < 1.29 is 9.53 Å². The highest BCUT2D eigenvalue weighted by Gasteiger charge is 2.24. The molecule has 0 aromatic heterocycles. The van der Waals surface area contributed by atoms with Crippen molar-refractivity contribution in [3.63, 3.8) is 0 Å². The summed E-state index contributed by atoms with van der Waals surface area (Å²) in [6.45, 7) is 7.80. The SMILES string of the molecule is CCN(CCN)C(=O)N1CCOC(C)C1. The molecule has 1 heterocycles. The zero-order chi connectivity index (χ0) is 11.3. The first-order chi connectivity index (χ1) is 7.19. The van der Waals surface area contributed by atoms with Crippen LogP contribution in [0.15, 0.2) is 0 Å². The average molecular weight is 215 g/mol. The number of likely N-dealkylation sites (N-methyl/N-ethyl adjacent to an activating group) is 1. The first-order valence-electron chi connectivity index (χ1n) is 5.54. The molecule has 0 aliphatic carbocycles. The Labute approximate surface area is 91.2 Å². The molecule has 2 N–H and O–H groups in total. The van der Waals surface area contributed by atoms with Gasteiger partial charge in [-0.15, -0.1) is 0 Å². The van der Waals surface area contributed by atoms with E-state index in [0.717, 1.165) is 0 Å². The molecule has 1 aliphatic rings. The molecule has 2 amide bonds. The van der Waals surface area contributed by atoms with Crippen LogP contribution >= 0.6 is 0 Å². The van der Waals surface area contributed by atoms with E-state index in [1.807, 2.05) is 18.7 Å². The van der Waals surface area contributed by atoms with Crippen LogP contribution in [0.5, 0.6) is 0 Å². The number of urea groups is 1. The molecule has 5 heteroatoms. The van der Waals surface area contributed by atoms with Gasteiger partial charge < -0.3 is 20.3 Å². The molecular formula is C10H21N3O2. The van der Waals surface area contributed by atoms with Crippen LogP contribution in [0.25, 0.3) is 0 Å². The van der Waals surface area contributed by atoms with Crippen LogP contribution in [0.1, 0.15) is 13.8 Å². The van der Waals surface area contributed by atoms with Crippen LogP contribution in [0, 0.1) is 0 Å². The van der Waals surface area contributed by atoms with Crippen molar-refractivity contribution in [2.45, 2.75) is 20.0 Å². The number of amides is 2. The summed E-state index contributed by atoms with van der Waals surface area (Å²) in [5.41, 5.74) is 5.46. The maximum atomic E-state index is 12.0. The minimum atomic E-state index is 0.0816. The Bertz CT molecular complexity index is 211. The fraction of sp³-hybridized carbons (Fsp3) is 0.900. The van der Waals surface area contributed by atoms with Gasteiger partial charge in [-0.2, -0.15) is 0 Å². The number of hydrogen-bond donors (Lipinski definition) is 1. The molecule has 0 radical (unpaired) electrons. The molecule has 1 saturated heterocycles. The first kappa shape index (κ1) is 12.3. The topological polar surface area (TPSA) is 58.8 Å². The van der Waals surface area contributed by atoms with Crippen LogP contribution < -0.4 is 5.73 Å². The van der Waals surface area contributed by atoms with Crippen LogP contribution in [0.4, 0.5) is 4.79 Å². The number of carbonyl (C=O) groups is 1. The summed E-state index contributed by atoms with van der Waals surface area (Å²) in [4.78, 5) is 15.6. The lowest BCUT2D eigenvalue weighted by Crippen LogP contribution is -2.51. The van der Waals surface area contributed by atoms with E-state index in [4.69, 9.17) is 10.5 Å². The number of rotatable bonds is 3. The van der Waals surface area contributed by atoms with Crippen molar-refractivity contribution in [2.75, 3.05) is 39.3 Å². The van der Waals surface area contributed by atoms with E-state index in [1.54, 1.807) is 4.90 Å². The van der Waals surface area contributed by atoms with E-state index in [0.29, 0.717) is 39.3 Å². The lowest BCUT2D eigenvalue weighted by atomic mass is 10.3. The molecule has 0 spiro atoms. The van der Waals surface area contributed by atoms with Gasteiger partial charge in [0.25, 0.3) is 0 Å². The van der Waals surface area contributed by atoms with Crippen molar-refractivity contribution in [1.82, 2.24) is 9.80 Å². The fourth-order valence-electron chi connectivity index (χ4n) is 1.74. The Balaban J connectivity index is 2.49. The Morgan fingerprint density at radius 3 is 2.93 bits per heavy atom. The second-order valence-electron chi connectivity index (χ2n) is 3.78. The molecule has 1 rings (SSSR count). The van der Waals surface area contributed by atoms with Gasteiger partial charge in [0.1, 0.15) is 0 Å². The quantitative estimate of drug-likeness (QED) is 0.727. The highest BCUT2D eigenvalue weighted by molar-refractivity contribution is 5.74. The highest BCUT2D eigenvalue weighted by atomic mass is 16.5. The van der Waals surface area contributed by atoms with E-state index < -0.39 is 0 Å². The lowest BCUT2D eigenvalue weighted by Gasteiger charge is -2.35. The van der Waals surface area contributed by atoms with Gasteiger partial charge in [0, 0.05) is 32.7 Å². The number of ether oxygens (including phenoxy) is 1. The maximum Gasteiger partial charge on any atom is 0.320 e. The standard InChI is InChI=1S/C10H21N3O2/c1-3-12(5-4-11)10(14)13-6-7-15-9(2)8-13/h9H,3-8,11H2,1-2H3. The molecule has 1 unspecified atom stereocenters. The van der Waals surface area contributed by atoms with Crippen molar-refractivity contribution >= 4 is 6.03 Å². The van der Waals surface area contributed by atoms with Crippen LogP contribution in [0.2, 0.25) is 0 Å². The average Bonchev–Trinajstić information content (AvgIpc) is 2.25. The molecule has 0 bridgehead atoms. The van der Waals surface area contributed by atoms with Gasteiger partial charge in [0.2, 0.25) is 0 Å². The number of morpholine rings is 1. The minimum absolute atomic E-state index is 0.0816. The number of nitrogens with zero attached hydrogens (tertiary/aromatic N) is 2. The summed E-state index contributed by atoms with van der Waals surface area (Å²) in [5.74, 6) is 0. The molecule has 0 saturated carbocycles. The molecule has 5 nitrogen and oxygen atoms in total. The summed E-state index contributed by atoms with van der Waals surface area (Å²) in [7, 11) is 0. The predicted molar refractivity (Wildman–Crippen MR) is 58.7 cm³/mol. The molecule has 1 atom stereocenters. The smallest absolute Gasteiger partial charge is 0.320 e. The molecule has 0 aromatic carbocycles. The third-order valence-corrected chi connectivity index (χ3v) is 2.56. The van der Waals surface area contributed by atoms with Crippen molar-refractivity contribution in [2.24, 2.45) is 5.73 Å². The molecular weight excluding hydrogens is 194 g/mol. The molecule has 0 aromatic rings. The third-order valence-electron chi connectivity index (χ3n) is 2.56. The Hall–Kier alpha value is -0.810. The summed E-state index contributed by atoms with van der Waals surface area (Å²) < 4.78 is 5.39. The monoisotopic (exact) mass is 215 g/mol. The van der Waals surface area contributed by atoms with Crippen LogP contribution in [-0.4, -0.2) is 61.3 Å². The van der Waals surface area contributed by atoms with Crippen molar-refractivity contribution in [1.29, 1.82) is 0 Å². The maximum absolute atomic E-state index is 12.0. The summed E-state index contributed by atoms with van der Waals surface area (Å²) in [6.07, 6.45) is 0.138. The largest absolute Gasteiger partial charge is 0.375 e. The molecule has 88 valence electrons. The van der Waals surface area contributed by atoms with E-state index in [1.165, 1.54) is 0 Å². The van der Waals surface area contributed by atoms with Gasteiger partial charge in [0.15, 0.2) is 0 Å². The zero-order valence-corrected chi connectivity index (χ0v) is 9.61. The van der Waals surface area contributed by atoms with Gasteiger partial charge in [0.05, 0.1) is 12.7 Å². The van der Waals surface area contributed by atoms with Gasteiger partial charge >= 0.3 is 6.03 Å². The van der Waals surface area contributed by atoms with E-state index in [-0.39, 0.29) is 12.1 Å². The Kier molecular flexibility index (Phi) is 4.84. The minimum Gasteiger partial charge on any atom is -0.375 e. The summed E-state index contributed by atoms with van der Waals surface area (Å²) in [5, 5.41) is 0. The zero-order valence-electron chi connectivity index (χ0n) is 9.61. The number of nitrogens with two attached hydrogens (primary N) is 1. The normalized spacial score (nSPS) is 21.5. The van der Waals surface area contributed by atoms with Gasteiger partial charge in [-0.05, 0) is 13.8 Å². The van der Waals surface area contributed by atoms with Gasteiger partial charge in [-0.3, -0.25) is 0 Å². The number of carbonyl (C=O) groups excluding carboxylic acids is 1. The fourth-order valence-corrected chi connectivity index (χ4v) is 1.74. The van der Waals surface area contributed by atoms with Crippen molar-refractivity contribution in [3.05, 3.63) is 0 Å². The molecule has 1 fully saturated rings. The molecule has 15 heavy (non-hydrogen) atoms. The third kappa shape index (κ3) is 3.35. The summed E-state index contributed by atoms with van der Waals surface area (Å²) in [6, 6.07) is 0.0816.